The number of nitrogens with zero attached hydrogens (tertiary/aromatic N) is 2. The highest BCUT2D eigenvalue weighted by atomic mass is 32.1. The van der Waals surface area contributed by atoms with Crippen molar-refractivity contribution in [2.75, 3.05) is 5.32 Å². The van der Waals surface area contributed by atoms with Crippen molar-refractivity contribution in [2.24, 2.45) is 0 Å². The first-order chi connectivity index (χ1) is 15.2. The maximum Gasteiger partial charge on any atom is 0.336 e. The van der Waals surface area contributed by atoms with E-state index in [1.54, 1.807) is 23.6 Å². The molecule has 4 aromatic rings. The smallest absolute Gasteiger partial charge is 0.325 e. The minimum atomic E-state index is -0.924. The molecule has 0 unspecified atom stereocenters. The van der Waals surface area contributed by atoms with Crippen molar-refractivity contribution in [2.45, 2.75) is 26.3 Å². The number of fused-ring (bicyclic) bond motifs is 1. The Morgan fingerprint density at radius 3 is 2.31 bits per heavy atom. The normalized spacial score (nSPS) is 11.3. The lowest BCUT2D eigenvalue weighted by Gasteiger charge is -2.13. The molecule has 0 aliphatic carbocycles. The van der Waals surface area contributed by atoms with Gasteiger partial charge in [0.15, 0.2) is 0 Å². The van der Waals surface area contributed by atoms with Crippen molar-refractivity contribution in [1.29, 1.82) is 0 Å². The summed E-state index contributed by atoms with van der Waals surface area (Å²) in [4.78, 5) is 38.7. The van der Waals surface area contributed by atoms with Crippen LogP contribution in [0.1, 0.15) is 25.3 Å². The van der Waals surface area contributed by atoms with Gasteiger partial charge >= 0.3 is 5.69 Å². The molecule has 32 heavy (non-hydrogen) atoms. The van der Waals surface area contributed by atoms with E-state index in [0.29, 0.717) is 22.2 Å². The number of aromatic nitrogens is 2. The second-order valence-electron chi connectivity index (χ2n) is 7.60. The highest BCUT2D eigenvalue weighted by Crippen LogP contribution is 2.19. The first-order valence-electron chi connectivity index (χ1n) is 9.84. The molecule has 2 heterocycles. The summed E-state index contributed by atoms with van der Waals surface area (Å²) in [5.74, 6) is -1.98. The number of amides is 1. The lowest BCUT2D eigenvalue weighted by Crippen LogP contribution is -2.40. The van der Waals surface area contributed by atoms with E-state index < -0.39 is 28.8 Å². The Morgan fingerprint density at radius 1 is 1.03 bits per heavy atom. The fourth-order valence-corrected chi connectivity index (χ4v) is 4.26. The maximum absolute atomic E-state index is 13.7. The van der Waals surface area contributed by atoms with E-state index in [4.69, 9.17) is 0 Å². The van der Waals surface area contributed by atoms with E-state index >= 15 is 0 Å². The fourth-order valence-electron chi connectivity index (χ4n) is 3.43. The Morgan fingerprint density at radius 2 is 1.69 bits per heavy atom. The van der Waals surface area contributed by atoms with E-state index in [2.05, 4.69) is 19.2 Å². The zero-order valence-electron chi connectivity index (χ0n) is 17.3. The predicted octanol–water partition coefficient (Wildman–Crippen LogP) is 4.25. The van der Waals surface area contributed by atoms with Crippen LogP contribution < -0.4 is 16.6 Å². The van der Waals surface area contributed by atoms with Crippen molar-refractivity contribution < 1.29 is 13.6 Å². The second kappa shape index (κ2) is 8.51. The monoisotopic (exact) mass is 455 g/mol. The Hall–Kier alpha value is -3.59. The average molecular weight is 455 g/mol. The molecule has 0 saturated carbocycles. The molecule has 1 N–H and O–H groups in total. The summed E-state index contributed by atoms with van der Waals surface area (Å²) in [6.45, 7) is 3.74. The highest BCUT2D eigenvalue weighted by molar-refractivity contribution is 7.17. The number of thiophene rings is 1. The van der Waals surface area contributed by atoms with Crippen LogP contribution in [0.3, 0.4) is 0 Å². The number of hydrogen-bond acceptors (Lipinski definition) is 4. The quantitative estimate of drug-likeness (QED) is 0.489. The molecular formula is C23H19F2N3O3S. The van der Waals surface area contributed by atoms with Crippen LogP contribution in [0.5, 0.6) is 0 Å². The number of nitrogens with one attached hydrogen (secondary N) is 1. The van der Waals surface area contributed by atoms with Crippen LogP contribution in [0.25, 0.3) is 15.9 Å². The number of anilines is 1. The van der Waals surface area contributed by atoms with Crippen LogP contribution in [-0.4, -0.2) is 15.0 Å². The van der Waals surface area contributed by atoms with Gasteiger partial charge in [0.2, 0.25) is 5.91 Å². The number of carbonyl (C=O) groups is 1. The van der Waals surface area contributed by atoms with Crippen LogP contribution in [0.15, 0.2) is 63.5 Å². The van der Waals surface area contributed by atoms with Crippen LogP contribution in [0.2, 0.25) is 0 Å². The number of halogens is 2. The molecule has 0 aliphatic rings. The van der Waals surface area contributed by atoms with Crippen molar-refractivity contribution in [1.82, 2.24) is 9.13 Å². The molecule has 6 nitrogen and oxygen atoms in total. The molecule has 2 aromatic heterocycles. The fraction of sp³-hybridized carbons (Fsp3) is 0.174. The van der Waals surface area contributed by atoms with Crippen molar-refractivity contribution in [3.8, 4) is 5.69 Å². The maximum atomic E-state index is 13.7. The summed E-state index contributed by atoms with van der Waals surface area (Å²) in [6.07, 6.45) is 0. The van der Waals surface area contributed by atoms with Gasteiger partial charge in [-0.15, -0.1) is 11.3 Å². The van der Waals surface area contributed by atoms with Gasteiger partial charge in [-0.05, 0) is 47.2 Å². The predicted molar refractivity (Wildman–Crippen MR) is 121 cm³/mol. The van der Waals surface area contributed by atoms with Gasteiger partial charge in [0.1, 0.15) is 22.9 Å². The third kappa shape index (κ3) is 4.11. The van der Waals surface area contributed by atoms with Crippen LogP contribution in [0.4, 0.5) is 14.5 Å². The van der Waals surface area contributed by atoms with E-state index in [1.807, 2.05) is 12.1 Å². The van der Waals surface area contributed by atoms with Crippen molar-refractivity contribution >= 4 is 33.1 Å². The van der Waals surface area contributed by atoms with Gasteiger partial charge in [-0.3, -0.25) is 14.2 Å². The number of hydrogen-bond donors (Lipinski definition) is 1. The summed E-state index contributed by atoms with van der Waals surface area (Å²) >= 11 is 1.08. The molecule has 9 heteroatoms. The van der Waals surface area contributed by atoms with Crippen LogP contribution >= 0.6 is 11.3 Å². The van der Waals surface area contributed by atoms with Gasteiger partial charge in [-0.2, -0.15) is 0 Å². The SMILES string of the molecule is CC(C)c1ccc(NC(=O)Cn2c(=O)n(-c3cc(F)cc(F)c3)c(=O)c3sccc32)cc1. The van der Waals surface area contributed by atoms with E-state index in [1.165, 1.54) is 0 Å². The molecule has 0 aliphatic heterocycles. The molecule has 0 bridgehead atoms. The van der Waals surface area contributed by atoms with Gasteiger partial charge in [-0.1, -0.05) is 26.0 Å². The molecule has 0 atom stereocenters. The van der Waals surface area contributed by atoms with Crippen molar-refractivity contribution in [3.63, 3.8) is 0 Å². The first-order valence-corrected chi connectivity index (χ1v) is 10.7. The van der Waals surface area contributed by atoms with Crippen LogP contribution in [0, 0.1) is 11.6 Å². The van der Waals surface area contributed by atoms with E-state index in [9.17, 15) is 23.2 Å². The van der Waals surface area contributed by atoms with Crippen molar-refractivity contribution in [3.05, 3.63) is 91.9 Å². The topological polar surface area (TPSA) is 73.1 Å². The molecule has 164 valence electrons. The molecule has 0 radical (unpaired) electrons. The molecule has 0 fully saturated rings. The molecule has 0 saturated heterocycles. The molecule has 4 rings (SSSR count). The molecule has 1 amide bonds. The Balaban J connectivity index is 1.74. The number of benzene rings is 2. The standard InChI is InChI=1S/C23H19F2N3O3S/c1-13(2)14-3-5-17(6-4-14)26-20(29)12-27-19-7-8-32-21(19)22(30)28(23(27)31)18-10-15(24)9-16(25)11-18/h3-11,13H,12H2,1-2H3,(H,26,29). The minimum absolute atomic E-state index is 0.198. The summed E-state index contributed by atoms with van der Waals surface area (Å²) in [6, 6.07) is 11.3. The molecule has 2 aromatic carbocycles. The Bertz CT molecular complexity index is 1420. The third-order valence-corrected chi connectivity index (χ3v) is 5.91. The molecule has 0 spiro atoms. The zero-order valence-corrected chi connectivity index (χ0v) is 18.1. The third-order valence-electron chi connectivity index (χ3n) is 5.02. The summed E-state index contributed by atoms with van der Waals surface area (Å²) in [7, 11) is 0. The van der Waals surface area contributed by atoms with E-state index in [0.717, 1.165) is 33.6 Å². The number of rotatable bonds is 5. The van der Waals surface area contributed by atoms with Gasteiger partial charge in [0.05, 0.1) is 11.2 Å². The lowest BCUT2D eigenvalue weighted by molar-refractivity contribution is -0.116. The summed E-state index contributed by atoms with van der Waals surface area (Å²) in [5, 5.41) is 4.34. The Kier molecular flexibility index (Phi) is 5.75. The van der Waals surface area contributed by atoms with Gasteiger partial charge in [0.25, 0.3) is 5.56 Å². The Labute approximate surface area is 185 Å². The van der Waals surface area contributed by atoms with Gasteiger partial charge in [-0.25, -0.2) is 18.1 Å². The summed E-state index contributed by atoms with van der Waals surface area (Å²) < 4.78 is 29.5. The zero-order chi connectivity index (χ0) is 23.0. The largest absolute Gasteiger partial charge is 0.336 e. The first kappa shape index (κ1) is 21.6. The van der Waals surface area contributed by atoms with Gasteiger partial charge in [0, 0.05) is 11.8 Å². The minimum Gasteiger partial charge on any atom is -0.325 e. The second-order valence-corrected chi connectivity index (χ2v) is 8.51. The highest BCUT2D eigenvalue weighted by Gasteiger charge is 2.18. The summed E-state index contributed by atoms with van der Waals surface area (Å²) in [5.41, 5.74) is 0.153. The molecular weight excluding hydrogens is 436 g/mol. The van der Waals surface area contributed by atoms with E-state index in [-0.39, 0.29) is 22.4 Å². The number of carbonyl (C=O) groups excluding carboxylic acids is 1. The van der Waals surface area contributed by atoms with Crippen LogP contribution in [-0.2, 0) is 11.3 Å². The average Bonchev–Trinajstić information content (AvgIpc) is 3.21. The lowest BCUT2D eigenvalue weighted by atomic mass is 10.0. The van der Waals surface area contributed by atoms with Gasteiger partial charge < -0.3 is 5.32 Å².